The zero-order chi connectivity index (χ0) is 20.4. The fourth-order valence-corrected chi connectivity index (χ4v) is 4.62. The topological polar surface area (TPSA) is 123 Å². The Morgan fingerprint density at radius 2 is 1.86 bits per heavy atom. The SMILES string of the molecule is CCOc1cc(C)sc1-c1n[nH][n+](Cc2cc(OCC)c(-c3n[nH]c(=O)o3)s2)n1. The van der Waals surface area contributed by atoms with Crippen LogP contribution >= 0.6 is 22.7 Å². The molecular formula is C17H19N6O4S2+. The molecule has 0 aliphatic rings. The number of ether oxygens (including phenoxy) is 2. The van der Waals surface area contributed by atoms with E-state index in [9.17, 15) is 4.79 Å². The lowest BCUT2D eigenvalue weighted by molar-refractivity contribution is -0.797. The van der Waals surface area contributed by atoms with E-state index in [0.29, 0.717) is 36.2 Å². The van der Waals surface area contributed by atoms with Gasteiger partial charge in [-0.3, -0.25) is 0 Å². The third-order valence-electron chi connectivity index (χ3n) is 3.80. The van der Waals surface area contributed by atoms with E-state index < -0.39 is 5.76 Å². The molecule has 29 heavy (non-hydrogen) atoms. The quantitative estimate of drug-likeness (QED) is 0.407. The Kier molecular flexibility index (Phi) is 5.45. The van der Waals surface area contributed by atoms with Crippen molar-refractivity contribution in [3.63, 3.8) is 0 Å². The molecule has 0 bridgehead atoms. The molecule has 4 aromatic rings. The molecule has 4 heterocycles. The predicted molar refractivity (Wildman–Crippen MR) is 107 cm³/mol. The highest BCUT2D eigenvalue weighted by Gasteiger charge is 2.23. The number of H-pyrrole nitrogens is 2. The average molecular weight is 436 g/mol. The highest BCUT2D eigenvalue weighted by atomic mass is 32.1. The van der Waals surface area contributed by atoms with E-state index in [4.69, 9.17) is 13.9 Å². The minimum absolute atomic E-state index is 0.202. The highest BCUT2D eigenvalue weighted by Crippen LogP contribution is 2.37. The first-order valence-corrected chi connectivity index (χ1v) is 10.6. The van der Waals surface area contributed by atoms with Crippen LogP contribution in [0.1, 0.15) is 23.6 Å². The largest absolute Gasteiger partial charge is 0.492 e. The van der Waals surface area contributed by atoms with Gasteiger partial charge in [-0.1, -0.05) is 4.80 Å². The molecule has 0 spiro atoms. The Balaban J connectivity index is 1.60. The molecular weight excluding hydrogens is 416 g/mol. The fraction of sp³-hybridized carbons (Fsp3) is 0.353. The Hall–Kier alpha value is -2.99. The van der Waals surface area contributed by atoms with Crippen LogP contribution in [0, 0.1) is 6.92 Å². The number of aromatic amines is 2. The van der Waals surface area contributed by atoms with E-state index in [1.807, 2.05) is 32.9 Å². The first kappa shape index (κ1) is 19.3. The van der Waals surface area contributed by atoms with Crippen molar-refractivity contribution >= 4 is 22.7 Å². The van der Waals surface area contributed by atoms with E-state index in [1.165, 1.54) is 11.3 Å². The minimum Gasteiger partial charge on any atom is -0.492 e. The summed E-state index contributed by atoms with van der Waals surface area (Å²) in [5, 5.41) is 17.9. The van der Waals surface area contributed by atoms with Gasteiger partial charge in [0.05, 0.1) is 23.2 Å². The normalized spacial score (nSPS) is 11.1. The van der Waals surface area contributed by atoms with Gasteiger partial charge in [0.15, 0.2) is 6.54 Å². The number of nitrogens with one attached hydrogen (secondary N) is 2. The number of thiophene rings is 2. The van der Waals surface area contributed by atoms with Gasteiger partial charge in [-0.05, 0) is 43.2 Å². The molecule has 0 fully saturated rings. The molecule has 4 rings (SSSR count). The second-order valence-electron chi connectivity index (χ2n) is 5.93. The summed E-state index contributed by atoms with van der Waals surface area (Å²) in [6.07, 6.45) is 0. The average Bonchev–Trinajstić information content (AvgIpc) is 3.44. The van der Waals surface area contributed by atoms with Gasteiger partial charge in [0.1, 0.15) is 21.3 Å². The molecule has 0 atom stereocenters. The number of hydrogen-bond donors (Lipinski definition) is 2. The van der Waals surface area contributed by atoms with Crippen LogP contribution in [-0.2, 0) is 6.54 Å². The monoisotopic (exact) mass is 435 g/mol. The van der Waals surface area contributed by atoms with Crippen molar-refractivity contribution < 1.29 is 18.7 Å². The first-order chi connectivity index (χ1) is 14.1. The lowest BCUT2D eigenvalue weighted by Gasteiger charge is -1.99. The third-order valence-corrected chi connectivity index (χ3v) is 5.91. The molecule has 0 unspecified atom stereocenters. The number of aryl methyl sites for hydroxylation is 1. The summed E-state index contributed by atoms with van der Waals surface area (Å²) in [6, 6.07) is 3.87. The Morgan fingerprint density at radius 3 is 2.55 bits per heavy atom. The molecule has 2 N–H and O–H groups in total. The summed E-state index contributed by atoms with van der Waals surface area (Å²) < 4.78 is 16.4. The Bertz CT molecular complexity index is 1170. The highest BCUT2D eigenvalue weighted by molar-refractivity contribution is 7.16. The van der Waals surface area contributed by atoms with Crippen LogP contribution in [0.5, 0.6) is 11.5 Å². The van der Waals surface area contributed by atoms with Crippen molar-refractivity contribution in [1.29, 1.82) is 0 Å². The van der Waals surface area contributed by atoms with Crippen molar-refractivity contribution in [3.05, 3.63) is 32.4 Å². The summed E-state index contributed by atoms with van der Waals surface area (Å²) >= 11 is 3.00. The van der Waals surface area contributed by atoms with Gasteiger partial charge in [-0.25, -0.2) is 9.89 Å². The number of rotatable bonds is 8. The van der Waals surface area contributed by atoms with Gasteiger partial charge in [0.2, 0.25) is 0 Å². The molecule has 0 aromatic carbocycles. The number of nitrogens with zero attached hydrogens (tertiary/aromatic N) is 4. The first-order valence-electron chi connectivity index (χ1n) is 8.94. The van der Waals surface area contributed by atoms with Crippen molar-refractivity contribution in [2.45, 2.75) is 27.3 Å². The molecule has 0 saturated carbocycles. The van der Waals surface area contributed by atoms with E-state index in [1.54, 1.807) is 16.1 Å². The van der Waals surface area contributed by atoms with Crippen LogP contribution in [0.2, 0.25) is 0 Å². The number of hydrogen-bond acceptors (Lipinski definition) is 9. The van der Waals surface area contributed by atoms with Gasteiger partial charge in [0, 0.05) is 4.88 Å². The van der Waals surface area contributed by atoms with Gasteiger partial charge < -0.3 is 13.9 Å². The molecule has 4 aromatic heterocycles. The molecule has 0 aliphatic heterocycles. The summed E-state index contributed by atoms with van der Waals surface area (Å²) in [6.45, 7) is 7.36. The zero-order valence-electron chi connectivity index (χ0n) is 16.0. The van der Waals surface area contributed by atoms with Gasteiger partial charge >= 0.3 is 11.6 Å². The van der Waals surface area contributed by atoms with Gasteiger partial charge in [-0.15, -0.1) is 27.8 Å². The number of tetrazole rings is 1. The molecule has 152 valence electrons. The van der Waals surface area contributed by atoms with Crippen LogP contribution in [0.15, 0.2) is 21.3 Å². The summed E-state index contributed by atoms with van der Waals surface area (Å²) in [5.74, 6) is 1.56. The third kappa shape index (κ3) is 4.07. The van der Waals surface area contributed by atoms with E-state index >= 15 is 0 Å². The van der Waals surface area contributed by atoms with Crippen LogP contribution in [-0.4, -0.2) is 38.8 Å². The van der Waals surface area contributed by atoms with Crippen LogP contribution < -0.4 is 20.0 Å². The van der Waals surface area contributed by atoms with Gasteiger partial charge in [-0.2, -0.15) is 0 Å². The summed E-state index contributed by atoms with van der Waals surface area (Å²) in [4.78, 5) is 16.5. The predicted octanol–water partition coefficient (Wildman–Crippen LogP) is 2.38. The lowest BCUT2D eigenvalue weighted by atomic mass is 10.4. The summed E-state index contributed by atoms with van der Waals surface area (Å²) in [5.41, 5.74) is 0. The standard InChI is InChI=1S/C17H18N6O4S2/c1-4-25-11-6-9(3)28-13(11)15-18-22-23(21-15)8-10-7-12(26-5-2)14(29-10)16-19-20-17(24)27-16/h6-7H,4-5,8H2,1-3H3,(H,20,24)/p+1. The fourth-order valence-electron chi connectivity index (χ4n) is 2.73. The van der Waals surface area contributed by atoms with E-state index in [-0.39, 0.29) is 5.89 Å². The van der Waals surface area contributed by atoms with E-state index in [2.05, 4.69) is 25.6 Å². The molecule has 0 aliphatic carbocycles. The Morgan fingerprint density at radius 1 is 1.10 bits per heavy atom. The van der Waals surface area contributed by atoms with Crippen LogP contribution in [0.25, 0.3) is 21.5 Å². The van der Waals surface area contributed by atoms with E-state index in [0.717, 1.165) is 20.4 Å². The minimum atomic E-state index is -0.608. The molecule has 12 heteroatoms. The molecule has 0 radical (unpaired) electrons. The molecule has 0 amide bonds. The Labute approximate surface area is 173 Å². The number of aromatic nitrogens is 6. The summed E-state index contributed by atoms with van der Waals surface area (Å²) in [7, 11) is 0. The van der Waals surface area contributed by atoms with Gasteiger partial charge in [0.25, 0.3) is 5.89 Å². The van der Waals surface area contributed by atoms with Crippen molar-refractivity contribution in [3.8, 4) is 33.0 Å². The van der Waals surface area contributed by atoms with Crippen LogP contribution in [0.4, 0.5) is 0 Å². The maximum atomic E-state index is 11.3. The van der Waals surface area contributed by atoms with Crippen molar-refractivity contribution in [1.82, 2.24) is 25.6 Å². The molecule has 10 nitrogen and oxygen atoms in total. The second kappa shape index (κ2) is 8.17. The van der Waals surface area contributed by atoms with Crippen LogP contribution in [0.3, 0.4) is 0 Å². The van der Waals surface area contributed by atoms with Crippen molar-refractivity contribution in [2.75, 3.05) is 13.2 Å². The lowest BCUT2D eigenvalue weighted by Crippen LogP contribution is -2.39. The zero-order valence-corrected chi connectivity index (χ0v) is 17.6. The molecule has 0 saturated heterocycles. The smallest absolute Gasteiger partial charge is 0.434 e. The second-order valence-corrected chi connectivity index (χ2v) is 8.33. The maximum Gasteiger partial charge on any atom is 0.434 e. The van der Waals surface area contributed by atoms with Crippen molar-refractivity contribution in [2.24, 2.45) is 0 Å². The maximum absolute atomic E-state index is 11.3.